The third kappa shape index (κ3) is 6.87. The van der Waals surface area contributed by atoms with Gasteiger partial charge in [0.05, 0.1) is 16.7 Å². The molecule has 7 nitrogen and oxygen atoms in total. The zero-order valence-electron chi connectivity index (χ0n) is 24.8. The van der Waals surface area contributed by atoms with E-state index < -0.39 is 23.3 Å². The van der Waals surface area contributed by atoms with Crippen LogP contribution in [-0.4, -0.2) is 28.9 Å². The fraction of sp³-hybridized carbons (Fsp3) is 0.132. The van der Waals surface area contributed by atoms with Gasteiger partial charge in [0.15, 0.2) is 0 Å². The van der Waals surface area contributed by atoms with E-state index in [4.69, 9.17) is 4.74 Å². The molecule has 6 rings (SSSR count). The van der Waals surface area contributed by atoms with Gasteiger partial charge in [-0.1, -0.05) is 107 Å². The van der Waals surface area contributed by atoms with E-state index in [-0.39, 0.29) is 17.9 Å². The van der Waals surface area contributed by atoms with Gasteiger partial charge in [0.2, 0.25) is 5.91 Å². The van der Waals surface area contributed by atoms with Gasteiger partial charge < -0.3 is 20.5 Å². The summed E-state index contributed by atoms with van der Waals surface area (Å²) in [6, 6.07) is 38.1. The highest BCUT2D eigenvalue weighted by atomic mass is 79.9. The molecule has 5 aromatic rings. The number of rotatable bonds is 11. The predicted molar refractivity (Wildman–Crippen MR) is 181 cm³/mol. The van der Waals surface area contributed by atoms with Gasteiger partial charge in [0.1, 0.15) is 17.5 Å². The molecular formula is C38H31BrN2O5. The monoisotopic (exact) mass is 674 g/mol. The molecule has 230 valence electrons. The van der Waals surface area contributed by atoms with Gasteiger partial charge >= 0.3 is 5.97 Å². The molecule has 0 saturated heterocycles. The number of benzene rings is 5. The number of anilines is 1. The number of halogens is 1. The molecule has 0 aliphatic heterocycles. The van der Waals surface area contributed by atoms with Crippen LogP contribution >= 0.6 is 15.9 Å². The molecule has 3 N–H and O–H groups in total. The van der Waals surface area contributed by atoms with Crippen molar-refractivity contribution >= 4 is 39.4 Å². The molecule has 0 radical (unpaired) electrons. The average molecular weight is 676 g/mol. The minimum absolute atomic E-state index is 0.0658. The smallest absolute Gasteiger partial charge is 0.326 e. The van der Waals surface area contributed by atoms with E-state index in [0.29, 0.717) is 28.8 Å². The Morgan fingerprint density at radius 3 is 2.13 bits per heavy atom. The van der Waals surface area contributed by atoms with Crippen LogP contribution in [0.2, 0.25) is 0 Å². The summed E-state index contributed by atoms with van der Waals surface area (Å²) in [6.07, 6.45) is 1.50. The van der Waals surface area contributed by atoms with Crippen molar-refractivity contribution < 1.29 is 24.2 Å². The van der Waals surface area contributed by atoms with E-state index in [9.17, 15) is 19.5 Å². The molecule has 1 aliphatic rings. The van der Waals surface area contributed by atoms with Crippen molar-refractivity contribution in [1.82, 2.24) is 5.32 Å². The highest BCUT2D eigenvalue weighted by molar-refractivity contribution is 9.10. The Kier molecular flexibility index (Phi) is 8.99. The first-order chi connectivity index (χ1) is 22.3. The molecule has 0 spiro atoms. The quantitative estimate of drug-likeness (QED) is 0.132. The van der Waals surface area contributed by atoms with Crippen molar-refractivity contribution in [2.75, 3.05) is 5.32 Å². The standard InChI is InChI=1S/C38H31BrN2O5/c39-28-19-20-32(41-37(45)38(21-22-38)27-9-3-1-4-10-27)31(24-28)35(42)40-33(36(43)44)23-25-15-17-26(18-16-25)30-13-7-8-14-34(30)46-29-11-5-2-6-12-29/h1-20,24,33H,21-23H2,(H,40,42)(H,41,45)(H,43,44)/t33-/m0/s1. The van der Waals surface area contributed by atoms with E-state index in [1.54, 1.807) is 18.2 Å². The van der Waals surface area contributed by atoms with E-state index in [2.05, 4.69) is 26.6 Å². The summed E-state index contributed by atoms with van der Waals surface area (Å²) in [4.78, 5) is 39.2. The normalized spacial score (nSPS) is 13.7. The van der Waals surface area contributed by atoms with E-state index in [1.807, 2.05) is 109 Å². The second kappa shape index (κ2) is 13.4. The molecule has 1 atom stereocenters. The Balaban J connectivity index is 1.16. The van der Waals surface area contributed by atoms with Gasteiger partial charge in [-0.25, -0.2) is 4.79 Å². The molecule has 0 bridgehead atoms. The lowest BCUT2D eigenvalue weighted by atomic mass is 9.95. The van der Waals surface area contributed by atoms with E-state index in [1.165, 1.54) is 0 Å². The molecule has 1 aliphatic carbocycles. The van der Waals surface area contributed by atoms with Crippen LogP contribution in [0, 0.1) is 0 Å². The van der Waals surface area contributed by atoms with Gasteiger partial charge in [-0.2, -0.15) is 0 Å². The van der Waals surface area contributed by atoms with Crippen molar-refractivity contribution in [2.24, 2.45) is 0 Å². The molecule has 1 fully saturated rings. The lowest BCUT2D eigenvalue weighted by molar-refractivity contribution is -0.139. The first-order valence-corrected chi connectivity index (χ1v) is 15.7. The SMILES string of the molecule is O=C(N[C@@H](Cc1ccc(-c2ccccc2Oc2ccccc2)cc1)C(=O)O)c1cc(Br)ccc1NC(=O)C1(c2ccccc2)CC1. The highest BCUT2D eigenvalue weighted by Gasteiger charge is 2.51. The minimum Gasteiger partial charge on any atom is -0.480 e. The Morgan fingerprint density at radius 2 is 1.46 bits per heavy atom. The van der Waals surface area contributed by atoms with Crippen LogP contribution < -0.4 is 15.4 Å². The van der Waals surface area contributed by atoms with Crippen LogP contribution in [0.25, 0.3) is 11.1 Å². The first-order valence-electron chi connectivity index (χ1n) is 14.9. The highest BCUT2D eigenvalue weighted by Crippen LogP contribution is 2.49. The fourth-order valence-corrected chi connectivity index (χ4v) is 5.85. The number of carboxylic acid groups (broad SMARTS) is 1. The first kappa shape index (κ1) is 30.8. The summed E-state index contributed by atoms with van der Waals surface area (Å²) in [6.45, 7) is 0. The van der Waals surface area contributed by atoms with Crippen LogP contribution in [0.5, 0.6) is 11.5 Å². The number of nitrogens with one attached hydrogen (secondary N) is 2. The Labute approximate surface area is 275 Å². The number of hydrogen-bond acceptors (Lipinski definition) is 4. The summed E-state index contributed by atoms with van der Waals surface area (Å²) < 4.78 is 6.73. The van der Waals surface area contributed by atoms with Gasteiger partial charge in [0, 0.05) is 16.5 Å². The van der Waals surface area contributed by atoms with Crippen LogP contribution in [0.1, 0.15) is 34.3 Å². The average Bonchev–Trinajstić information content (AvgIpc) is 3.89. The number of para-hydroxylation sites is 2. The molecule has 0 aromatic heterocycles. The van der Waals surface area contributed by atoms with Crippen molar-refractivity contribution in [2.45, 2.75) is 30.7 Å². The second-order valence-corrected chi connectivity index (χ2v) is 12.2. The number of amides is 2. The van der Waals surface area contributed by atoms with Crippen LogP contribution in [-0.2, 0) is 21.4 Å². The maximum absolute atomic E-state index is 13.5. The Bertz CT molecular complexity index is 1870. The van der Waals surface area contributed by atoms with E-state index in [0.717, 1.165) is 28.0 Å². The van der Waals surface area contributed by atoms with Gasteiger partial charge in [-0.15, -0.1) is 0 Å². The van der Waals surface area contributed by atoms with Crippen molar-refractivity contribution in [3.8, 4) is 22.6 Å². The fourth-order valence-electron chi connectivity index (χ4n) is 5.49. The molecule has 1 saturated carbocycles. The number of hydrogen-bond donors (Lipinski definition) is 3. The largest absolute Gasteiger partial charge is 0.480 e. The van der Waals surface area contributed by atoms with Crippen LogP contribution in [0.15, 0.2) is 132 Å². The third-order valence-electron chi connectivity index (χ3n) is 8.15. The van der Waals surface area contributed by atoms with Gasteiger partial charge in [-0.3, -0.25) is 9.59 Å². The maximum Gasteiger partial charge on any atom is 0.326 e. The van der Waals surface area contributed by atoms with Gasteiger partial charge in [0.25, 0.3) is 5.91 Å². The predicted octanol–water partition coefficient (Wildman–Crippen LogP) is 8.00. The molecule has 0 unspecified atom stereocenters. The Hall–Kier alpha value is -5.21. The number of carboxylic acids is 1. The molecule has 0 heterocycles. The number of carbonyl (C=O) groups is 3. The van der Waals surface area contributed by atoms with Crippen LogP contribution in [0.3, 0.4) is 0 Å². The van der Waals surface area contributed by atoms with Crippen LogP contribution in [0.4, 0.5) is 5.69 Å². The molecule has 46 heavy (non-hydrogen) atoms. The molecule has 5 aromatic carbocycles. The topological polar surface area (TPSA) is 105 Å². The summed E-state index contributed by atoms with van der Waals surface area (Å²) in [5.74, 6) is -0.535. The third-order valence-corrected chi connectivity index (χ3v) is 8.64. The molecule has 8 heteroatoms. The summed E-state index contributed by atoms with van der Waals surface area (Å²) in [7, 11) is 0. The second-order valence-electron chi connectivity index (χ2n) is 11.3. The summed E-state index contributed by atoms with van der Waals surface area (Å²) in [5.41, 5.74) is 3.32. The summed E-state index contributed by atoms with van der Waals surface area (Å²) in [5, 5.41) is 15.6. The number of ether oxygens (including phenoxy) is 1. The van der Waals surface area contributed by atoms with E-state index >= 15 is 0 Å². The van der Waals surface area contributed by atoms with Gasteiger partial charge in [-0.05, 0) is 65.9 Å². The zero-order chi connectivity index (χ0) is 32.1. The van der Waals surface area contributed by atoms with Crippen molar-refractivity contribution in [3.63, 3.8) is 0 Å². The lowest BCUT2D eigenvalue weighted by Gasteiger charge is -2.19. The minimum atomic E-state index is -1.20. The summed E-state index contributed by atoms with van der Waals surface area (Å²) >= 11 is 3.40. The molecule has 2 amide bonds. The number of carbonyl (C=O) groups excluding carboxylic acids is 2. The maximum atomic E-state index is 13.5. The number of aliphatic carboxylic acids is 1. The van der Waals surface area contributed by atoms with Crippen molar-refractivity contribution in [1.29, 1.82) is 0 Å². The zero-order valence-corrected chi connectivity index (χ0v) is 26.4. The van der Waals surface area contributed by atoms with Crippen molar-refractivity contribution in [3.05, 3.63) is 149 Å². The lowest BCUT2D eigenvalue weighted by Crippen LogP contribution is -2.42. The molecular weight excluding hydrogens is 644 g/mol. The Morgan fingerprint density at radius 1 is 0.804 bits per heavy atom.